The molecule has 0 bridgehead atoms. The highest BCUT2D eigenvalue weighted by atomic mass is 16.2. The summed E-state index contributed by atoms with van der Waals surface area (Å²) in [5.41, 5.74) is 1.92. The lowest BCUT2D eigenvalue weighted by Crippen LogP contribution is -2.42. The van der Waals surface area contributed by atoms with E-state index in [4.69, 9.17) is 0 Å². The molecule has 2 aromatic heterocycles. The van der Waals surface area contributed by atoms with Crippen LogP contribution in [0.4, 0.5) is 4.79 Å². The number of nitrogens with zero attached hydrogens (tertiary/aromatic N) is 3. The summed E-state index contributed by atoms with van der Waals surface area (Å²) in [6, 6.07) is 9.90. The molecule has 0 aliphatic heterocycles. The van der Waals surface area contributed by atoms with E-state index in [2.05, 4.69) is 15.3 Å². The van der Waals surface area contributed by atoms with Gasteiger partial charge in [-0.25, -0.2) is 4.79 Å². The second kappa shape index (κ2) is 6.56. The van der Waals surface area contributed by atoms with Crippen molar-refractivity contribution in [3.8, 4) is 0 Å². The molecule has 5 heteroatoms. The molecule has 114 valence electrons. The summed E-state index contributed by atoms with van der Waals surface area (Å²) >= 11 is 0. The van der Waals surface area contributed by atoms with Crippen molar-refractivity contribution in [3.05, 3.63) is 60.2 Å². The maximum atomic E-state index is 12.6. The summed E-state index contributed by atoms with van der Waals surface area (Å²) in [6.07, 6.45) is 7.40. The van der Waals surface area contributed by atoms with Crippen LogP contribution >= 0.6 is 0 Å². The van der Waals surface area contributed by atoms with Gasteiger partial charge in [0.1, 0.15) is 0 Å². The minimum absolute atomic E-state index is 0.0254. The van der Waals surface area contributed by atoms with Gasteiger partial charge in [0.2, 0.25) is 0 Å². The second-order valence-corrected chi connectivity index (χ2v) is 5.59. The van der Waals surface area contributed by atoms with Crippen molar-refractivity contribution in [2.24, 2.45) is 0 Å². The number of rotatable bonds is 5. The number of carbonyl (C=O) groups is 1. The van der Waals surface area contributed by atoms with Gasteiger partial charge in [-0.15, -0.1) is 0 Å². The Morgan fingerprint density at radius 2 is 2.18 bits per heavy atom. The van der Waals surface area contributed by atoms with Crippen LogP contribution in [0.5, 0.6) is 0 Å². The highest BCUT2D eigenvalue weighted by molar-refractivity contribution is 5.75. The highest BCUT2D eigenvalue weighted by Crippen LogP contribution is 2.33. The van der Waals surface area contributed by atoms with Gasteiger partial charge in [-0.05, 0) is 43.5 Å². The van der Waals surface area contributed by atoms with Gasteiger partial charge in [-0.3, -0.25) is 9.97 Å². The van der Waals surface area contributed by atoms with Crippen molar-refractivity contribution in [1.82, 2.24) is 20.2 Å². The standard InChI is InChI=1S/C17H20N4O/c1-13(16-6-2-3-10-19-16)21(15-7-8-15)17(22)20-12-14-5-4-9-18-11-14/h2-6,9-11,13,15H,7-8,12H2,1H3,(H,20,22)/t13-/m1/s1. The van der Waals surface area contributed by atoms with Crippen molar-refractivity contribution >= 4 is 6.03 Å². The predicted molar refractivity (Wildman–Crippen MR) is 84.0 cm³/mol. The lowest BCUT2D eigenvalue weighted by molar-refractivity contribution is 0.173. The van der Waals surface area contributed by atoms with E-state index in [9.17, 15) is 4.79 Å². The van der Waals surface area contributed by atoms with Crippen LogP contribution in [0, 0.1) is 0 Å². The minimum atomic E-state index is -0.0375. The SMILES string of the molecule is C[C@H](c1ccccn1)N(C(=O)NCc1cccnc1)C1CC1. The lowest BCUT2D eigenvalue weighted by atomic mass is 10.2. The molecule has 1 fully saturated rings. The van der Waals surface area contributed by atoms with Crippen LogP contribution in [0.25, 0.3) is 0 Å². The molecule has 3 rings (SSSR count). The molecule has 0 aromatic carbocycles. The fourth-order valence-electron chi connectivity index (χ4n) is 2.55. The van der Waals surface area contributed by atoms with Crippen LogP contribution in [0.1, 0.15) is 37.1 Å². The average Bonchev–Trinajstić information content (AvgIpc) is 3.40. The van der Waals surface area contributed by atoms with Gasteiger partial charge in [0.25, 0.3) is 0 Å². The van der Waals surface area contributed by atoms with Crippen LogP contribution in [-0.2, 0) is 6.54 Å². The number of urea groups is 1. The van der Waals surface area contributed by atoms with E-state index >= 15 is 0 Å². The van der Waals surface area contributed by atoms with E-state index in [-0.39, 0.29) is 12.1 Å². The molecular weight excluding hydrogens is 276 g/mol. The van der Waals surface area contributed by atoms with Crippen LogP contribution in [0.15, 0.2) is 48.9 Å². The molecule has 0 unspecified atom stereocenters. The summed E-state index contributed by atoms with van der Waals surface area (Å²) in [4.78, 5) is 22.9. The first-order chi connectivity index (χ1) is 10.8. The quantitative estimate of drug-likeness (QED) is 0.923. The molecule has 1 aliphatic rings. The molecule has 2 aromatic rings. The van der Waals surface area contributed by atoms with Gasteiger partial charge >= 0.3 is 6.03 Å². The monoisotopic (exact) mass is 296 g/mol. The van der Waals surface area contributed by atoms with E-state index in [0.29, 0.717) is 12.6 Å². The Hall–Kier alpha value is -2.43. The molecule has 1 saturated carbocycles. The van der Waals surface area contributed by atoms with E-state index in [1.165, 1.54) is 0 Å². The number of carbonyl (C=O) groups excluding carboxylic acids is 1. The van der Waals surface area contributed by atoms with Gasteiger partial charge < -0.3 is 10.2 Å². The molecule has 1 N–H and O–H groups in total. The van der Waals surface area contributed by atoms with Crippen LogP contribution in [0.3, 0.4) is 0 Å². The zero-order valence-corrected chi connectivity index (χ0v) is 12.6. The normalized spacial score (nSPS) is 15.1. The Morgan fingerprint density at radius 1 is 1.32 bits per heavy atom. The minimum Gasteiger partial charge on any atom is -0.334 e. The summed E-state index contributed by atoms with van der Waals surface area (Å²) in [6.45, 7) is 2.52. The third-order valence-electron chi connectivity index (χ3n) is 3.87. The maximum Gasteiger partial charge on any atom is 0.318 e. The Kier molecular flexibility index (Phi) is 4.32. The fourth-order valence-corrected chi connectivity index (χ4v) is 2.55. The molecule has 0 saturated heterocycles. The molecular formula is C17H20N4O. The molecule has 1 aliphatic carbocycles. The van der Waals surface area contributed by atoms with Crippen LogP contribution < -0.4 is 5.32 Å². The van der Waals surface area contributed by atoms with Gasteiger partial charge in [-0.2, -0.15) is 0 Å². The summed E-state index contributed by atoms with van der Waals surface area (Å²) < 4.78 is 0. The number of hydrogen-bond acceptors (Lipinski definition) is 3. The number of pyridine rings is 2. The number of nitrogens with one attached hydrogen (secondary N) is 1. The zero-order chi connectivity index (χ0) is 15.4. The molecule has 1 atom stereocenters. The van der Waals surface area contributed by atoms with Gasteiger partial charge in [0.15, 0.2) is 0 Å². The number of hydrogen-bond donors (Lipinski definition) is 1. The average molecular weight is 296 g/mol. The first kappa shape index (κ1) is 14.5. The van der Waals surface area contributed by atoms with Gasteiger partial charge in [0, 0.05) is 31.2 Å². The third-order valence-corrected chi connectivity index (χ3v) is 3.87. The smallest absolute Gasteiger partial charge is 0.318 e. The molecule has 22 heavy (non-hydrogen) atoms. The van der Waals surface area contributed by atoms with Crippen molar-refractivity contribution in [3.63, 3.8) is 0 Å². The Bertz CT molecular complexity index is 613. The van der Waals surface area contributed by atoms with Crippen molar-refractivity contribution in [2.75, 3.05) is 0 Å². The van der Waals surface area contributed by atoms with Crippen LogP contribution in [-0.4, -0.2) is 26.9 Å². The van der Waals surface area contributed by atoms with Crippen molar-refractivity contribution in [1.29, 1.82) is 0 Å². The Morgan fingerprint density at radius 3 is 2.82 bits per heavy atom. The summed E-state index contributed by atoms with van der Waals surface area (Å²) in [5, 5.41) is 2.99. The first-order valence-corrected chi connectivity index (χ1v) is 7.61. The Labute approximate surface area is 130 Å². The molecule has 2 amide bonds. The number of aromatic nitrogens is 2. The van der Waals surface area contributed by atoms with Gasteiger partial charge in [-0.1, -0.05) is 12.1 Å². The zero-order valence-electron chi connectivity index (χ0n) is 12.6. The maximum absolute atomic E-state index is 12.6. The van der Waals surface area contributed by atoms with Crippen LogP contribution in [0.2, 0.25) is 0 Å². The van der Waals surface area contributed by atoms with E-state index in [1.807, 2.05) is 42.2 Å². The van der Waals surface area contributed by atoms with Crippen molar-refractivity contribution < 1.29 is 4.79 Å². The highest BCUT2D eigenvalue weighted by Gasteiger charge is 2.36. The topological polar surface area (TPSA) is 58.1 Å². The van der Waals surface area contributed by atoms with E-state index in [1.54, 1.807) is 18.6 Å². The second-order valence-electron chi connectivity index (χ2n) is 5.59. The van der Waals surface area contributed by atoms with E-state index in [0.717, 1.165) is 24.1 Å². The first-order valence-electron chi connectivity index (χ1n) is 7.61. The predicted octanol–water partition coefficient (Wildman–Crippen LogP) is 2.91. The molecule has 5 nitrogen and oxygen atoms in total. The summed E-state index contributed by atoms with van der Waals surface area (Å²) in [5.74, 6) is 0. The lowest BCUT2D eigenvalue weighted by Gasteiger charge is -2.29. The molecule has 2 heterocycles. The summed E-state index contributed by atoms with van der Waals surface area (Å²) in [7, 11) is 0. The fraction of sp³-hybridized carbons (Fsp3) is 0.353. The van der Waals surface area contributed by atoms with Crippen molar-refractivity contribution in [2.45, 2.75) is 38.4 Å². The van der Waals surface area contributed by atoms with Gasteiger partial charge in [0.05, 0.1) is 11.7 Å². The molecule has 0 spiro atoms. The third kappa shape index (κ3) is 3.42. The Balaban J connectivity index is 1.67. The largest absolute Gasteiger partial charge is 0.334 e. The van der Waals surface area contributed by atoms with E-state index < -0.39 is 0 Å². The molecule has 0 radical (unpaired) electrons. The number of amides is 2.